The largest absolute Gasteiger partial charge is 0.392 e. The molecule has 1 fully saturated rings. The van der Waals surface area contributed by atoms with E-state index in [2.05, 4.69) is 5.32 Å². The van der Waals surface area contributed by atoms with Gasteiger partial charge in [-0.2, -0.15) is 0 Å². The molecule has 0 spiro atoms. The molecule has 0 saturated heterocycles. The SMILES string of the molecule is CC(C)=O.CNC1CCCCC1O.[B]. The Balaban J connectivity index is 0. The summed E-state index contributed by atoms with van der Waals surface area (Å²) in [6.45, 7) is 3.06. The molecule has 0 aliphatic heterocycles. The number of aliphatic hydroxyl groups excluding tert-OH is 1. The van der Waals surface area contributed by atoms with Crippen LogP contribution in [0, 0.1) is 0 Å². The average Bonchev–Trinajstić information content (AvgIpc) is 2.04. The molecule has 0 aromatic carbocycles. The Morgan fingerprint density at radius 1 is 1.29 bits per heavy atom. The quantitative estimate of drug-likeness (QED) is 0.610. The van der Waals surface area contributed by atoms with E-state index in [-0.39, 0.29) is 20.3 Å². The topological polar surface area (TPSA) is 49.3 Å². The first-order valence-electron chi connectivity index (χ1n) is 4.90. The number of carbonyl (C=O) groups is 1. The third-order valence-corrected chi connectivity index (χ3v) is 2.10. The first kappa shape index (κ1) is 16.1. The van der Waals surface area contributed by atoms with Crippen LogP contribution < -0.4 is 5.32 Å². The van der Waals surface area contributed by atoms with Gasteiger partial charge < -0.3 is 15.2 Å². The molecule has 1 aliphatic rings. The van der Waals surface area contributed by atoms with E-state index in [1.807, 2.05) is 7.05 Å². The zero-order chi connectivity index (χ0) is 10.3. The standard InChI is InChI=1S/C7H15NO.C3H6O.B/c1-8-6-4-2-3-5-7(6)9;1-3(2)4;/h6-9H,2-5H2,1H3;1-2H3;. The van der Waals surface area contributed by atoms with Crippen molar-refractivity contribution >= 4 is 14.2 Å². The van der Waals surface area contributed by atoms with E-state index >= 15 is 0 Å². The number of ketones is 1. The van der Waals surface area contributed by atoms with Crippen LogP contribution in [0.1, 0.15) is 39.5 Å². The van der Waals surface area contributed by atoms with Crippen molar-refractivity contribution in [2.24, 2.45) is 0 Å². The predicted octanol–water partition coefficient (Wildman–Crippen LogP) is 0.724. The summed E-state index contributed by atoms with van der Waals surface area (Å²) < 4.78 is 0. The van der Waals surface area contributed by atoms with Gasteiger partial charge in [0.05, 0.1) is 6.10 Å². The Kier molecular flexibility index (Phi) is 10.6. The molecular weight excluding hydrogens is 177 g/mol. The van der Waals surface area contributed by atoms with Gasteiger partial charge in [0, 0.05) is 14.5 Å². The number of likely N-dealkylation sites (N-methyl/N-ethyl adjacent to an activating group) is 1. The zero-order valence-corrected chi connectivity index (χ0v) is 9.42. The maximum absolute atomic E-state index is 9.44. The molecule has 2 unspecified atom stereocenters. The lowest BCUT2D eigenvalue weighted by Crippen LogP contribution is -2.39. The van der Waals surface area contributed by atoms with Crippen molar-refractivity contribution in [1.82, 2.24) is 5.32 Å². The van der Waals surface area contributed by atoms with Crippen LogP contribution in [-0.2, 0) is 4.79 Å². The summed E-state index contributed by atoms with van der Waals surface area (Å²) in [5.74, 6) is 0.167. The number of hydrogen-bond donors (Lipinski definition) is 2. The van der Waals surface area contributed by atoms with Crippen LogP contribution >= 0.6 is 0 Å². The summed E-state index contributed by atoms with van der Waals surface area (Å²) in [4.78, 5) is 9.44. The van der Waals surface area contributed by atoms with Crippen molar-refractivity contribution in [3.05, 3.63) is 0 Å². The summed E-state index contributed by atoms with van der Waals surface area (Å²) in [6, 6.07) is 0.360. The highest BCUT2D eigenvalue weighted by Crippen LogP contribution is 2.17. The van der Waals surface area contributed by atoms with Crippen molar-refractivity contribution in [3.8, 4) is 0 Å². The molecule has 14 heavy (non-hydrogen) atoms. The minimum Gasteiger partial charge on any atom is -0.392 e. The van der Waals surface area contributed by atoms with Gasteiger partial charge in [0.1, 0.15) is 5.78 Å². The van der Waals surface area contributed by atoms with Gasteiger partial charge in [-0.15, -0.1) is 0 Å². The van der Waals surface area contributed by atoms with Gasteiger partial charge in [-0.1, -0.05) is 12.8 Å². The Hall–Kier alpha value is -0.345. The molecule has 1 aliphatic carbocycles. The summed E-state index contributed by atoms with van der Waals surface area (Å²) >= 11 is 0. The highest BCUT2D eigenvalue weighted by molar-refractivity contribution is 5.75. The Morgan fingerprint density at radius 3 is 2.00 bits per heavy atom. The monoisotopic (exact) mass is 198 g/mol. The molecular formula is C10H21BNO2. The van der Waals surface area contributed by atoms with Gasteiger partial charge in [-0.3, -0.25) is 0 Å². The first-order chi connectivity index (χ1) is 6.07. The highest BCUT2D eigenvalue weighted by atomic mass is 16.3. The molecule has 3 radical (unpaired) electrons. The number of carbonyl (C=O) groups excluding carboxylic acids is 1. The van der Waals surface area contributed by atoms with E-state index < -0.39 is 0 Å². The molecule has 0 amide bonds. The van der Waals surface area contributed by atoms with Crippen LogP contribution in [-0.4, -0.2) is 38.5 Å². The maximum Gasteiger partial charge on any atom is 0.126 e. The van der Waals surface area contributed by atoms with Crippen molar-refractivity contribution in [2.45, 2.75) is 51.7 Å². The average molecular weight is 198 g/mol. The molecule has 0 heterocycles. The van der Waals surface area contributed by atoms with Crippen LogP contribution in [0.4, 0.5) is 0 Å². The molecule has 2 N–H and O–H groups in total. The molecule has 1 saturated carbocycles. The minimum absolute atomic E-state index is 0. The highest BCUT2D eigenvalue weighted by Gasteiger charge is 2.20. The Bertz CT molecular complexity index is 149. The predicted molar refractivity (Wildman–Crippen MR) is 59.4 cm³/mol. The van der Waals surface area contributed by atoms with Gasteiger partial charge in [0.25, 0.3) is 0 Å². The van der Waals surface area contributed by atoms with Gasteiger partial charge in [0.2, 0.25) is 0 Å². The van der Waals surface area contributed by atoms with Crippen molar-refractivity contribution in [3.63, 3.8) is 0 Å². The summed E-state index contributed by atoms with van der Waals surface area (Å²) in [5.41, 5.74) is 0. The number of rotatable bonds is 1. The molecule has 0 bridgehead atoms. The molecule has 0 aromatic rings. The van der Waals surface area contributed by atoms with Gasteiger partial charge >= 0.3 is 0 Å². The van der Waals surface area contributed by atoms with Crippen LogP contribution in [0.5, 0.6) is 0 Å². The molecule has 81 valence electrons. The third kappa shape index (κ3) is 8.26. The van der Waals surface area contributed by atoms with Gasteiger partial charge in [-0.25, -0.2) is 0 Å². The second-order valence-corrected chi connectivity index (χ2v) is 3.66. The fraction of sp³-hybridized carbons (Fsp3) is 0.900. The van der Waals surface area contributed by atoms with Crippen LogP contribution in [0.25, 0.3) is 0 Å². The molecule has 0 aromatic heterocycles. The third-order valence-electron chi connectivity index (χ3n) is 2.10. The van der Waals surface area contributed by atoms with Gasteiger partial charge in [0.15, 0.2) is 0 Å². The van der Waals surface area contributed by atoms with E-state index in [0.29, 0.717) is 6.04 Å². The van der Waals surface area contributed by atoms with E-state index in [0.717, 1.165) is 12.8 Å². The van der Waals surface area contributed by atoms with Crippen molar-refractivity contribution < 1.29 is 9.90 Å². The number of nitrogens with one attached hydrogen (secondary N) is 1. The first-order valence-corrected chi connectivity index (χ1v) is 4.90. The molecule has 4 heteroatoms. The second kappa shape index (κ2) is 9.22. The van der Waals surface area contributed by atoms with Crippen molar-refractivity contribution in [2.75, 3.05) is 7.05 Å². The fourth-order valence-electron chi connectivity index (χ4n) is 1.45. The lowest BCUT2D eigenvalue weighted by Gasteiger charge is -2.26. The Morgan fingerprint density at radius 2 is 1.71 bits per heavy atom. The zero-order valence-electron chi connectivity index (χ0n) is 9.42. The second-order valence-electron chi connectivity index (χ2n) is 3.66. The minimum atomic E-state index is -0.0938. The normalized spacial score (nSPS) is 25.4. The van der Waals surface area contributed by atoms with Crippen LogP contribution in [0.2, 0.25) is 0 Å². The lowest BCUT2D eigenvalue weighted by molar-refractivity contribution is -0.114. The number of Topliss-reactive ketones (excluding diaryl/α,β-unsaturated/α-hetero) is 1. The van der Waals surface area contributed by atoms with Crippen LogP contribution in [0.15, 0.2) is 0 Å². The maximum atomic E-state index is 9.44. The summed E-state index contributed by atoms with van der Waals surface area (Å²) in [7, 11) is 1.92. The molecule has 3 nitrogen and oxygen atoms in total. The lowest BCUT2D eigenvalue weighted by atomic mass is 9.93. The van der Waals surface area contributed by atoms with E-state index in [4.69, 9.17) is 0 Å². The molecule has 1 rings (SSSR count). The fourth-order valence-corrected chi connectivity index (χ4v) is 1.45. The smallest absolute Gasteiger partial charge is 0.126 e. The van der Waals surface area contributed by atoms with E-state index in [9.17, 15) is 9.90 Å². The number of hydrogen-bond acceptors (Lipinski definition) is 3. The van der Waals surface area contributed by atoms with E-state index in [1.54, 1.807) is 0 Å². The summed E-state index contributed by atoms with van der Waals surface area (Å²) in [5, 5.41) is 12.4. The van der Waals surface area contributed by atoms with Gasteiger partial charge in [-0.05, 0) is 33.7 Å². The molecule has 2 atom stereocenters. The Labute approximate surface area is 88.9 Å². The summed E-state index contributed by atoms with van der Waals surface area (Å²) in [6.07, 6.45) is 4.48. The number of aliphatic hydroxyl groups is 1. The van der Waals surface area contributed by atoms with Crippen LogP contribution in [0.3, 0.4) is 0 Å². The van der Waals surface area contributed by atoms with E-state index in [1.165, 1.54) is 26.7 Å². The van der Waals surface area contributed by atoms with Crippen molar-refractivity contribution in [1.29, 1.82) is 0 Å².